The molecule has 1 fully saturated rings. The molecule has 17 heavy (non-hydrogen) atoms. The van der Waals surface area contributed by atoms with Crippen LogP contribution in [0.1, 0.15) is 36.2 Å². The Morgan fingerprint density at radius 3 is 2.82 bits per heavy atom. The number of fused-ring (bicyclic) bond motifs is 1. The predicted octanol–water partition coefficient (Wildman–Crippen LogP) is 2.65. The lowest BCUT2D eigenvalue weighted by atomic mass is 10.0. The van der Waals surface area contributed by atoms with Crippen LogP contribution in [0.2, 0.25) is 0 Å². The quantitative estimate of drug-likeness (QED) is 0.789. The van der Waals surface area contributed by atoms with E-state index in [9.17, 15) is 0 Å². The first kappa shape index (κ1) is 10.8. The molecule has 2 aromatic rings. The zero-order valence-corrected chi connectivity index (χ0v) is 10.7. The maximum atomic E-state index is 4.79. The summed E-state index contributed by atoms with van der Waals surface area (Å²) in [7, 11) is 0. The number of nitrogens with zero attached hydrogens (tertiary/aromatic N) is 1. The molecule has 3 heteroatoms. The maximum Gasteiger partial charge on any atom is 0.111 e. The van der Waals surface area contributed by atoms with Gasteiger partial charge >= 0.3 is 0 Å². The third-order valence-electron chi connectivity index (χ3n) is 3.82. The van der Waals surface area contributed by atoms with E-state index in [2.05, 4.69) is 43.2 Å². The lowest BCUT2D eigenvalue weighted by molar-refractivity contribution is 0.574. The SMILES string of the molecule is Cc1cc(C)c2nc(C3CCNC3C)[nH]c2c1. The van der Waals surface area contributed by atoms with Crippen molar-refractivity contribution in [3.63, 3.8) is 0 Å². The summed E-state index contributed by atoms with van der Waals surface area (Å²) in [6.07, 6.45) is 1.18. The molecule has 2 N–H and O–H groups in total. The summed E-state index contributed by atoms with van der Waals surface area (Å²) in [4.78, 5) is 8.29. The number of hydrogen-bond acceptors (Lipinski definition) is 2. The first-order chi connectivity index (χ1) is 8.15. The van der Waals surface area contributed by atoms with E-state index in [4.69, 9.17) is 4.98 Å². The number of H-pyrrole nitrogens is 1. The Morgan fingerprint density at radius 1 is 1.29 bits per heavy atom. The second-order valence-corrected chi connectivity index (χ2v) is 5.24. The average Bonchev–Trinajstić information content (AvgIpc) is 2.83. The fourth-order valence-electron chi connectivity index (χ4n) is 2.90. The number of aryl methyl sites for hydroxylation is 2. The second kappa shape index (κ2) is 3.84. The Morgan fingerprint density at radius 2 is 2.12 bits per heavy atom. The molecule has 1 aromatic carbocycles. The molecule has 1 aliphatic heterocycles. The number of rotatable bonds is 1. The molecule has 2 heterocycles. The van der Waals surface area contributed by atoms with E-state index in [0.717, 1.165) is 17.9 Å². The number of imidazole rings is 1. The summed E-state index contributed by atoms with van der Waals surface area (Å²) in [5.74, 6) is 1.67. The van der Waals surface area contributed by atoms with Crippen LogP contribution in [0.4, 0.5) is 0 Å². The van der Waals surface area contributed by atoms with Crippen LogP contribution in [0, 0.1) is 13.8 Å². The summed E-state index contributed by atoms with van der Waals surface area (Å²) in [6, 6.07) is 4.91. The van der Waals surface area contributed by atoms with E-state index in [1.807, 2.05) is 0 Å². The van der Waals surface area contributed by atoms with Crippen molar-refractivity contribution in [2.24, 2.45) is 0 Å². The molecule has 0 aliphatic carbocycles. The van der Waals surface area contributed by atoms with Gasteiger partial charge in [0.15, 0.2) is 0 Å². The highest BCUT2D eigenvalue weighted by atomic mass is 15.0. The molecule has 1 saturated heterocycles. The van der Waals surface area contributed by atoms with Gasteiger partial charge in [-0.2, -0.15) is 0 Å². The summed E-state index contributed by atoms with van der Waals surface area (Å²) in [6.45, 7) is 7.60. The van der Waals surface area contributed by atoms with Gasteiger partial charge in [0, 0.05) is 12.0 Å². The van der Waals surface area contributed by atoms with Crippen molar-refractivity contribution in [1.29, 1.82) is 0 Å². The molecule has 1 aliphatic rings. The Bertz CT molecular complexity index is 556. The fraction of sp³-hybridized carbons (Fsp3) is 0.500. The second-order valence-electron chi connectivity index (χ2n) is 5.24. The Labute approximate surface area is 102 Å². The molecule has 0 saturated carbocycles. The topological polar surface area (TPSA) is 40.7 Å². The Hall–Kier alpha value is -1.35. The third kappa shape index (κ3) is 1.75. The van der Waals surface area contributed by atoms with Crippen LogP contribution in [-0.2, 0) is 0 Å². The first-order valence-corrected chi connectivity index (χ1v) is 6.35. The largest absolute Gasteiger partial charge is 0.342 e. The summed E-state index contributed by atoms with van der Waals surface area (Å²) in [5.41, 5.74) is 4.87. The van der Waals surface area contributed by atoms with Gasteiger partial charge in [-0.15, -0.1) is 0 Å². The number of benzene rings is 1. The minimum absolute atomic E-state index is 0.525. The van der Waals surface area contributed by atoms with Crippen LogP contribution in [0.3, 0.4) is 0 Å². The van der Waals surface area contributed by atoms with E-state index in [0.29, 0.717) is 12.0 Å². The number of nitrogens with one attached hydrogen (secondary N) is 2. The number of aromatic amines is 1. The normalized spacial score (nSPS) is 24.6. The monoisotopic (exact) mass is 229 g/mol. The third-order valence-corrected chi connectivity index (χ3v) is 3.82. The van der Waals surface area contributed by atoms with Crippen LogP contribution >= 0.6 is 0 Å². The minimum Gasteiger partial charge on any atom is -0.342 e. The maximum absolute atomic E-state index is 4.79. The van der Waals surface area contributed by atoms with E-state index in [-0.39, 0.29) is 0 Å². The highest BCUT2D eigenvalue weighted by Gasteiger charge is 2.27. The van der Waals surface area contributed by atoms with Crippen molar-refractivity contribution in [3.8, 4) is 0 Å². The molecule has 0 spiro atoms. The summed E-state index contributed by atoms with van der Waals surface area (Å²) < 4.78 is 0. The zero-order valence-electron chi connectivity index (χ0n) is 10.7. The Balaban J connectivity index is 2.10. The van der Waals surface area contributed by atoms with E-state index in [1.165, 1.54) is 23.1 Å². The van der Waals surface area contributed by atoms with E-state index >= 15 is 0 Å². The van der Waals surface area contributed by atoms with Gasteiger partial charge < -0.3 is 10.3 Å². The number of hydrogen-bond donors (Lipinski definition) is 2. The van der Waals surface area contributed by atoms with Crippen LogP contribution in [0.15, 0.2) is 12.1 Å². The standard InChI is InChI=1S/C14H19N3/c1-8-6-9(2)13-12(7-8)16-14(17-13)11-4-5-15-10(11)3/h6-7,10-11,15H,4-5H2,1-3H3,(H,16,17). The molecular weight excluding hydrogens is 210 g/mol. The molecule has 2 unspecified atom stereocenters. The van der Waals surface area contributed by atoms with Gasteiger partial charge in [0.2, 0.25) is 0 Å². The van der Waals surface area contributed by atoms with E-state index < -0.39 is 0 Å². The summed E-state index contributed by atoms with van der Waals surface area (Å²) in [5, 5.41) is 3.48. The van der Waals surface area contributed by atoms with Crippen molar-refractivity contribution in [2.45, 2.75) is 39.2 Å². The van der Waals surface area contributed by atoms with Gasteiger partial charge in [0.1, 0.15) is 5.82 Å². The van der Waals surface area contributed by atoms with Crippen molar-refractivity contribution in [2.75, 3.05) is 6.54 Å². The van der Waals surface area contributed by atoms with Crippen molar-refractivity contribution in [3.05, 3.63) is 29.1 Å². The lowest BCUT2D eigenvalue weighted by Gasteiger charge is -2.11. The van der Waals surface area contributed by atoms with Crippen molar-refractivity contribution in [1.82, 2.24) is 15.3 Å². The smallest absolute Gasteiger partial charge is 0.111 e. The van der Waals surface area contributed by atoms with Crippen molar-refractivity contribution >= 4 is 11.0 Å². The van der Waals surface area contributed by atoms with Crippen LogP contribution in [0.25, 0.3) is 11.0 Å². The number of aromatic nitrogens is 2. The highest BCUT2D eigenvalue weighted by molar-refractivity contribution is 5.79. The molecule has 3 rings (SSSR count). The Kier molecular flexibility index (Phi) is 2.44. The van der Waals surface area contributed by atoms with Gasteiger partial charge in [-0.1, -0.05) is 6.07 Å². The van der Waals surface area contributed by atoms with Crippen LogP contribution in [0.5, 0.6) is 0 Å². The molecule has 0 bridgehead atoms. The fourth-order valence-corrected chi connectivity index (χ4v) is 2.90. The molecule has 0 amide bonds. The zero-order chi connectivity index (χ0) is 12.0. The van der Waals surface area contributed by atoms with Crippen LogP contribution < -0.4 is 5.32 Å². The molecular formula is C14H19N3. The van der Waals surface area contributed by atoms with Gasteiger partial charge in [-0.25, -0.2) is 4.98 Å². The molecule has 0 radical (unpaired) electrons. The van der Waals surface area contributed by atoms with Crippen molar-refractivity contribution < 1.29 is 0 Å². The van der Waals surface area contributed by atoms with Gasteiger partial charge in [-0.3, -0.25) is 0 Å². The molecule has 90 valence electrons. The minimum atomic E-state index is 0.525. The predicted molar refractivity (Wildman–Crippen MR) is 70.4 cm³/mol. The van der Waals surface area contributed by atoms with Gasteiger partial charge in [0.05, 0.1) is 11.0 Å². The van der Waals surface area contributed by atoms with Gasteiger partial charge in [0.25, 0.3) is 0 Å². The summed E-state index contributed by atoms with van der Waals surface area (Å²) >= 11 is 0. The highest BCUT2D eigenvalue weighted by Crippen LogP contribution is 2.28. The molecule has 3 nitrogen and oxygen atoms in total. The molecule has 1 aromatic heterocycles. The van der Waals surface area contributed by atoms with Gasteiger partial charge in [-0.05, 0) is 50.9 Å². The average molecular weight is 229 g/mol. The first-order valence-electron chi connectivity index (χ1n) is 6.35. The van der Waals surface area contributed by atoms with E-state index in [1.54, 1.807) is 0 Å². The van der Waals surface area contributed by atoms with Crippen LogP contribution in [-0.4, -0.2) is 22.6 Å². The molecule has 2 atom stereocenters. The lowest BCUT2D eigenvalue weighted by Crippen LogP contribution is -2.22.